The van der Waals surface area contributed by atoms with Crippen molar-refractivity contribution in [3.05, 3.63) is 17.4 Å². The Hall–Kier alpha value is -0.520. The van der Waals surface area contributed by atoms with E-state index in [9.17, 15) is 0 Å². The van der Waals surface area contributed by atoms with E-state index in [1.165, 1.54) is 12.2 Å². The minimum atomic E-state index is 0.555. The molecule has 2 aliphatic heterocycles. The lowest BCUT2D eigenvalue weighted by Gasteiger charge is -2.55. The van der Waals surface area contributed by atoms with Crippen LogP contribution in [0.5, 0.6) is 0 Å². The molecule has 0 unspecified atom stereocenters. The fourth-order valence-electron chi connectivity index (χ4n) is 2.37. The number of fused-ring (bicyclic) bond motifs is 1. The van der Waals surface area contributed by atoms with Crippen molar-refractivity contribution < 1.29 is 0 Å². The fraction of sp³-hybridized carbons (Fsp3) is 0.455. The van der Waals surface area contributed by atoms with Crippen LogP contribution in [0.4, 0.5) is 5.13 Å². The second kappa shape index (κ2) is 3.49. The normalized spacial score (nSPS) is 21.6. The Kier molecular flexibility index (Phi) is 2.14. The molecule has 3 nitrogen and oxygen atoms in total. The van der Waals surface area contributed by atoms with Crippen molar-refractivity contribution in [1.82, 2.24) is 9.97 Å². The van der Waals surface area contributed by atoms with Gasteiger partial charge in [-0.3, -0.25) is 0 Å². The molecule has 0 amide bonds. The lowest BCUT2D eigenvalue weighted by molar-refractivity contribution is 0.424. The van der Waals surface area contributed by atoms with Gasteiger partial charge in [0.2, 0.25) is 0 Å². The van der Waals surface area contributed by atoms with E-state index in [0.717, 1.165) is 28.4 Å². The second-order valence-corrected chi connectivity index (χ2v) is 7.48. The van der Waals surface area contributed by atoms with Gasteiger partial charge in [0.25, 0.3) is 0 Å². The van der Waals surface area contributed by atoms with Gasteiger partial charge in [-0.2, -0.15) is 11.8 Å². The first-order chi connectivity index (χ1) is 8.26. The van der Waals surface area contributed by atoms with Crippen molar-refractivity contribution in [2.75, 3.05) is 23.7 Å². The molecule has 0 aromatic carbocycles. The van der Waals surface area contributed by atoms with E-state index in [-0.39, 0.29) is 0 Å². The van der Waals surface area contributed by atoms with Crippen LogP contribution in [0, 0.1) is 0 Å². The fourth-order valence-corrected chi connectivity index (χ4v) is 4.86. The third-order valence-electron chi connectivity index (χ3n) is 3.44. The van der Waals surface area contributed by atoms with Crippen LogP contribution >= 0.6 is 34.7 Å². The highest BCUT2D eigenvalue weighted by Gasteiger charge is 2.49. The van der Waals surface area contributed by atoms with E-state index in [4.69, 9.17) is 11.6 Å². The molecule has 0 atom stereocenters. The van der Waals surface area contributed by atoms with Crippen LogP contribution in [0.25, 0.3) is 10.2 Å². The third kappa shape index (κ3) is 1.49. The molecular formula is C11H10ClN3S2. The quantitative estimate of drug-likeness (QED) is 0.752. The van der Waals surface area contributed by atoms with Crippen LogP contribution in [-0.2, 0) is 0 Å². The van der Waals surface area contributed by atoms with Crippen LogP contribution in [0.2, 0.25) is 5.15 Å². The summed E-state index contributed by atoms with van der Waals surface area (Å²) >= 11 is 9.82. The zero-order chi connectivity index (χ0) is 11.5. The number of thioether (sulfide) groups is 1. The molecule has 0 saturated carbocycles. The van der Waals surface area contributed by atoms with Crippen LogP contribution in [-0.4, -0.2) is 33.6 Å². The SMILES string of the molecule is Clc1nccc2nc(N3CC4(CCS4)C3)sc12. The maximum absolute atomic E-state index is 6.07. The molecule has 2 fully saturated rings. The molecule has 6 heteroatoms. The average molecular weight is 284 g/mol. The first kappa shape index (κ1) is 10.4. The minimum absolute atomic E-state index is 0.555. The third-order valence-corrected chi connectivity index (χ3v) is 6.46. The summed E-state index contributed by atoms with van der Waals surface area (Å²) in [4.78, 5) is 11.1. The van der Waals surface area contributed by atoms with E-state index in [1.807, 2.05) is 6.07 Å². The summed E-state index contributed by atoms with van der Waals surface area (Å²) in [6, 6.07) is 1.93. The Bertz CT molecular complexity index is 585. The number of thiazole rings is 1. The summed E-state index contributed by atoms with van der Waals surface area (Å²) in [5.41, 5.74) is 0.965. The second-order valence-electron chi connectivity index (χ2n) is 4.58. The number of halogens is 1. The van der Waals surface area contributed by atoms with Gasteiger partial charge in [-0.1, -0.05) is 22.9 Å². The van der Waals surface area contributed by atoms with Crippen molar-refractivity contribution in [3.63, 3.8) is 0 Å². The zero-order valence-corrected chi connectivity index (χ0v) is 11.4. The number of hydrogen-bond acceptors (Lipinski definition) is 5. The number of rotatable bonds is 1. The summed E-state index contributed by atoms with van der Waals surface area (Å²) < 4.78 is 1.56. The predicted octanol–water partition coefficient (Wildman–Crippen LogP) is 3.04. The molecule has 4 rings (SSSR count). The van der Waals surface area contributed by atoms with Crippen molar-refractivity contribution in [2.45, 2.75) is 11.2 Å². The molecule has 0 bridgehead atoms. The molecule has 2 aromatic heterocycles. The molecule has 4 heterocycles. The number of pyridine rings is 1. The highest BCUT2D eigenvalue weighted by atomic mass is 35.5. The lowest BCUT2D eigenvalue weighted by Crippen LogP contribution is -2.63. The maximum Gasteiger partial charge on any atom is 0.186 e. The highest BCUT2D eigenvalue weighted by Crippen LogP contribution is 2.49. The smallest absolute Gasteiger partial charge is 0.186 e. The number of anilines is 1. The molecule has 2 saturated heterocycles. The Morgan fingerprint density at radius 1 is 1.41 bits per heavy atom. The Labute approximate surface area is 112 Å². The Balaban J connectivity index is 1.66. The van der Waals surface area contributed by atoms with Gasteiger partial charge in [-0.05, 0) is 18.2 Å². The molecule has 17 heavy (non-hydrogen) atoms. The zero-order valence-electron chi connectivity index (χ0n) is 9.02. The van der Waals surface area contributed by atoms with E-state index in [0.29, 0.717) is 9.90 Å². The Morgan fingerprint density at radius 2 is 2.24 bits per heavy atom. The van der Waals surface area contributed by atoms with E-state index in [1.54, 1.807) is 17.5 Å². The van der Waals surface area contributed by atoms with Gasteiger partial charge >= 0.3 is 0 Å². The van der Waals surface area contributed by atoms with E-state index >= 15 is 0 Å². The predicted molar refractivity (Wildman–Crippen MR) is 74.4 cm³/mol. The molecule has 1 spiro atoms. The number of hydrogen-bond donors (Lipinski definition) is 0. The van der Waals surface area contributed by atoms with Crippen LogP contribution in [0.15, 0.2) is 12.3 Å². The van der Waals surface area contributed by atoms with Gasteiger partial charge in [0.1, 0.15) is 5.15 Å². The van der Waals surface area contributed by atoms with Gasteiger partial charge in [-0.15, -0.1) is 0 Å². The van der Waals surface area contributed by atoms with Gasteiger partial charge in [0.15, 0.2) is 5.13 Å². The maximum atomic E-state index is 6.07. The summed E-state index contributed by atoms with van der Waals surface area (Å²) in [7, 11) is 0. The topological polar surface area (TPSA) is 29.0 Å². The van der Waals surface area contributed by atoms with Crippen molar-refractivity contribution >= 4 is 50.0 Å². The first-order valence-electron chi connectivity index (χ1n) is 5.56. The van der Waals surface area contributed by atoms with Gasteiger partial charge in [-0.25, -0.2) is 9.97 Å². The first-order valence-corrected chi connectivity index (χ1v) is 7.74. The number of nitrogens with zero attached hydrogens (tertiary/aromatic N) is 3. The monoisotopic (exact) mass is 283 g/mol. The largest absolute Gasteiger partial charge is 0.345 e. The summed E-state index contributed by atoms with van der Waals surface area (Å²) in [6.45, 7) is 2.28. The van der Waals surface area contributed by atoms with Crippen molar-refractivity contribution in [2.24, 2.45) is 0 Å². The van der Waals surface area contributed by atoms with Gasteiger partial charge < -0.3 is 4.90 Å². The molecular weight excluding hydrogens is 274 g/mol. The molecule has 2 aliphatic rings. The molecule has 0 N–H and O–H groups in total. The van der Waals surface area contributed by atoms with Gasteiger partial charge in [0, 0.05) is 19.3 Å². The van der Waals surface area contributed by atoms with Crippen LogP contribution < -0.4 is 4.90 Å². The van der Waals surface area contributed by atoms with Gasteiger partial charge in [0.05, 0.1) is 15.0 Å². The molecule has 88 valence electrons. The molecule has 0 aliphatic carbocycles. The van der Waals surface area contributed by atoms with Crippen LogP contribution in [0.3, 0.4) is 0 Å². The molecule has 0 radical (unpaired) electrons. The minimum Gasteiger partial charge on any atom is -0.345 e. The van der Waals surface area contributed by atoms with Crippen LogP contribution in [0.1, 0.15) is 6.42 Å². The molecule has 2 aromatic rings. The average Bonchev–Trinajstić information content (AvgIpc) is 2.58. The highest BCUT2D eigenvalue weighted by molar-refractivity contribution is 8.02. The standard InChI is InChI=1S/C11H10ClN3S2/c12-9-8-7(1-3-13-9)14-10(17-8)15-5-11(6-15)2-4-16-11/h1,3H,2,4-6H2. The summed E-state index contributed by atoms with van der Waals surface area (Å²) in [5.74, 6) is 1.32. The lowest BCUT2D eigenvalue weighted by atomic mass is 9.95. The van der Waals surface area contributed by atoms with E-state index < -0.39 is 0 Å². The number of aromatic nitrogens is 2. The van der Waals surface area contributed by atoms with Crippen molar-refractivity contribution in [1.29, 1.82) is 0 Å². The van der Waals surface area contributed by atoms with Crippen molar-refractivity contribution in [3.8, 4) is 0 Å². The Morgan fingerprint density at radius 3 is 2.88 bits per heavy atom. The summed E-state index contributed by atoms with van der Waals surface area (Å²) in [6.07, 6.45) is 3.08. The summed E-state index contributed by atoms with van der Waals surface area (Å²) in [5, 5.41) is 1.66. The van der Waals surface area contributed by atoms with E-state index in [2.05, 4.69) is 26.6 Å².